The number of hydrogen-bond acceptors (Lipinski definition) is 6. The minimum atomic E-state index is -5.36. The second-order valence-electron chi connectivity index (χ2n) is 9.62. The molecule has 14 heteroatoms. The van der Waals surface area contributed by atoms with Crippen molar-refractivity contribution in [1.82, 2.24) is 19.7 Å². The molecule has 39 heavy (non-hydrogen) atoms. The first-order valence-electron chi connectivity index (χ1n) is 12.2. The van der Waals surface area contributed by atoms with Gasteiger partial charge in [-0.1, -0.05) is 6.07 Å². The molecule has 4 rings (SSSR count). The number of piperazine rings is 1. The van der Waals surface area contributed by atoms with E-state index in [2.05, 4.69) is 9.94 Å². The maximum Gasteiger partial charge on any atom is 0.493 e. The fourth-order valence-electron chi connectivity index (χ4n) is 4.75. The van der Waals surface area contributed by atoms with Crippen LogP contribution in [0.25, 0.3) is 0 Å². The number of carbonyl (C=O) groups excluding carboxylic acids is 3. The molecule has 2 unspecified atom stereocenters. The van der Waals surface area contributed by atoms with Crippen LogP contribution in [0.15, 0.2) is 23.0 Å². The summed E-state index contributed by atoms with van der Waals surface area (Å²) < 4.78 is 66.1. The molecule has 1 aliphatic carbocycles. The third-order valence-corrected chi connectivity index (χ3v) is 7.06. The van der Waals surface area contributed by atoms with Crippen molar-refractivity contribution < 1.29 is 41.2 Å². The lowest BCUT2D eigenvalue weighted by molar-refractivity contribution is -0.202. The maximum absolute atomic E-state index is 14.7. The minimum absolute atomic E-state index is 0.0221. The molecule has 2 aliphatic rings. The zero-order valence-corrected chi connectivity index (χ0v) is 21.1. The average Bonchev–Trinajstić information content (AvgIpc) is 3.31. The van der Waals surface area contributed by atoms with Gasteiger partial charge in [-0.3, -0.25) is 14.4 Å². The lowest BCUT2D eigenvalue weighted by Gasteiger charge is -2.37. The fraction of sp³-hybridized carbons (Fsp3) is 0.480. The molecule has 1 aromatic carbocycles. The highest BCUT2D eigenvalue weighted by Gasteiger charge is 2.42. The van der Waals surface area contributed by atoms with Crippen molar-refractivity contribution in [2.24, 2.45) is 0 Å². The Balaban J connectivity index is 1.53. The third kappa shape index (κ3) is 5.93. The molecule has 2 atom stereocenters. The summed E-state index contributed by atoms with van der Waals surface area (Å²) in [5.74, 6) is -4.56. The van der Waals surface area contributed by atoms with E-state index in [9.17, 15) is 41.1 Å². The van der Waals surface area contributed by atoms with Gasteiger partial charge in [0.25, 0.3) is 5.91 Å². The Bertz CT molecular complexity index is 1380. The summed E-state index contributed by atoms with van der Waals surface area (Å²) in [5, 5.41) is 3.72. The van der Waals surface area contributed by atoms with Crippen LogP contribution in [0.3, 0.4) is 0 Å². The molecular weight excluding hydrogens is 531 g/mol. The van der Waals surface area contributed by atoms with Crippen molar-refractivity contribution in [2.45, 2.75) is 57.9 Å². The molecule has 1 aliphatic heterocycles. The SMILES string of the molecule is Cc1c(Cc2ccc(F)c(C(=O)N3CCN(C4CCC(F)C4)C(=O)C3)c2)nn(OC(=O)C(F)(F)F)c(=O)c1C. The van der Waals surface area contributed by atoms with E-state index >= 15 is 0 Å². The molecule has 0 radical (unpaired) electrons. The van der Waals surface area contributed by atoms with Gasteiger partial charge in [0.05, 0.1) is 11.3 Å². The molecule has 2 amide bonds. The highest BCUT2D eigenvalue weighted by molar-refractivity contribution is 5.97. The smallest absolute Gasteiger partial charge is 0.336 e. The van der Waals surface area contributed by atoms with Crippen LogP contribution >= 0.6 is 0 Å². The summed E-state index contributed by atoms with van der Waals surface area (Å²) in [5.41, 5.74) is -0.728. The van der Waals surface area contributed by atoms with E-state index in [1.54, 1.807) is 4.90 Å². The van der Waals surface area contributed by atoms with E-state index in [0.29, 0.717) is 24.0 Å². The second-order valence-corrected chi connectivity index (χ2v) is 9.62. The van der Waals surface area contributed by atoms with Crippen molar-refractivity contribution in [3.8, 4) is 0 Å². The number of alkyl halides is 4. The number of halogens is 5. The van der Waals surface area contributed by atoms with Gasteiger partial charge in [-0.05, 0) is 61.2 Å². The second kappa shape index (κ2) is 10.7. The molecule has 2 aromatic rings. The van der Waals surface area contributed by atoms with Crippen LogP contribution in [0.2, 0.25) is 0 Å². The number of nitrogens with zero attached hydrogens (tertiary/aromatic N) is 4. The number of amides is 2. The van der Waals surface area contributed by atoms with Gasteiger partial charge >= 0.3 is 17.7 Å². The maximum atomic E-state index is 14.7. The monoisotopic (exact) mass is 556 g/mol. The lowest BCUT2D eigenvalue weighted by Crippen LogP contribution is -2.55. The summed E-state index contributed by atoms with van der Waals surface area (Å²) in [6, 6.07) is 3.37. The van der Waals surface area contributed by atoms with Crippen molar-refractivity contribution in [1.29, 1.82) is 0 Å². The van der Waals surface area contributed by atoms with E-state index in [1.807, 2.05) is 0 Å². The Hall–Kier alpha value is -3.84. The normalized spacial score (nSPS) is 19.9. The first-order chi connectivity index (χ1) is 18.3. The molecule has 0 spiro atoms. The predicted octanol–water partition coefficient (Wildman–Crippen LogP) is 2.28. The molecule has 0 bridgehead atoms. The zero-order chi connectivity index (χ0) is 28.6. The van der Waals surface area contributed by atoms with Crippen LogP contribution in [0, 0.1) is 19.7 Å². The average molecular weight is 556 g/mol. The van der Waals surface area contributed by atoms with Crippen molar-refractivity contribution in [3.05, 3.63) is 62.3 Å². The van der Waals surface area contributed by atoms with Crippen LogP contribution in [0.1, 0.15) is 52.0 Å². The van der Waals surface area contributed by atoms with E-state index < -0.39 is 35.6 Å². The first-order valence-corrected chi connectivity index (χ1v) is 12.2. The van der Waals surface area contributed by atoms with Gasteiger partial charge in [0.1, 0.15) is 18.5 Å². The van der Waals surface area contributed by atoms with E-state index in [1.165, 1.54) is 30.9 Å². The quantitative estimate of drug-likeness (QED) is 0.524. The molecule has 210 valence electrons. The van der Waals surface area contributed by atoms with Gasteiger partial charge in [-0.15, -0.1) is 5.10 Å². The number of rotatable bonds is 5. The highest BCUT2D eigenvalue weighted by Crippen LogP contribution is 2.28. The minimum Gasteiger partial charge on any atom is -0.336 e. The lowest BCUT2D eigenvalue weighted by atomic mass is 10.0. The molecule has 0 N–H and O–H groups in total. The van der Waals surface area contributed by atoms with Crippen LogP contribution < -0.4 is 10.4 Å². The molecule has 1 saturated heterocycles. The topological polar surface area (TPSA) is 102 Å². The fourth-order valence-corrected chi connectivity index (χ4v) is 4.75. The molecule has 1 aromatic heterocycles. The number of carbonyl (C=O) groups is 3. The van der Waals surface area contributed by atoms with Gasteiger partial charge in [0.15, 0.2) is 0 Å². The molecule has 9 nitrogen and oxygen atoms in total. The van der Waals surface area contributed by atoms with Crippen LogP contribution in [0.5, 0.6) is 0 Å². The van der Waals surface area contributed by atoms with E-state index in [-0.39, 0.29) is 66.1 Å². The Morgan fingerprint density at radius 2 is 1.82 bits per heavy atom. The van der Waals surface area contributed by atoms with Crippen LogP contribution in [0.4, 0.5) is 22.0 Å². The van der Waals surface area contributed by atoms with E-state index in [0.717, 1.165) is 6.07 Å². The number of benzene rings is 1. The Morgan fingerprint density at radius 3 is 2.44 bits per heavy atom. The highest BCUT2D eigenvalue weighted by atomic mass is 19.4. The number of hydrogen-bond donors (Lipinski definition) is 0. The van der Waals surface area contributed by atoms with Crippen molar-refractivity contribution in [3.63, 3.8) is 0 Å². The largest absolute Gasteiger partial charge is 0.493 e. The number of aromatic nitrogens is 2. The van der Waals surface area contributed by atoms with Crippen molar-refractivity contribution in [2.75, 3.05) is 19.6 Å². The van der Waals surface area contributed by atoms with Gasteiger partial charge in [-0.25, -0.2) is 13.6 Å². The standard InChI is InChI=1S/C25H25F5N4O5/c1-13-14(2)22(36)34(39-24(38)25(28,29)30)31-20(13)10-15-3-6-19(27)18(9-15)23(37)32-7-8-33(21(35)12-32)17-5-4-16(26)11-17/h3,6,9,16-17H,4-5,7-8,10-12H2,1-2H3. The summed E-state index contributed by atoms with van der Waals surface area (Å²) in [4.78, 5) is 56.1. The molecular formula is C25H25F5N4O5. The summed E-state index contributed by atoms with van der Waals surface area (Å²) in [7, 11) is 0. The summed E-state index contributed by atoms with van der Waals surface area (Å²) in [6.07, 6.45) is -5.27. The van der Waals surface area contributed by atoms with Crippen molar-refractivity contribution >= 4 is 17.8 Å². The molecule has 1 saturated carbocycles. The molecule has 2 heterocycles. The Kier molecular flexibility index (Phi) is 7.75. The first kappa shape index (κ1) is 28.2. The summed E-state index contributed by atoms with van der Waals surface area (Å²) in [6.45, 7) is 2.85. The molecule has 2 fully saturated rings. The predicted molar refractivity (Wildman–Crippen MR) is 125 cm³/mol. The van der Waals surface area contributed by atoms with Crippen LogP contribution in [-0.2, 0) is 16.0 Å². The van der Waals surface area contributed by atoms with Gasteiger partial charge in [0, 0.05) is 31.1 Å². The van der Waals surface area contributed by atoms with Crippen LogP contribution in [-0.4, -0.2) is 75.6 Å². The third-order valence-electron chi connectivity index (χ3n) is 7.06. The zero-order valence-electron chi connectivity index (χ0n) is 21.1. The Labute approximate surface area is 219 Å². The van der Waals surface area contributed by atoms with Gasteiger partial charge in [-0.2, -0.15) is 13.2 Å². The summed E-state index contributed by atoms with van der Waals surface area (Å²) >= 11 is 0. The van der Waals surface area contributed by atoms with E-state index in [4.69, 9.17) is 0 Å². The van der Waals surface area contributed by atoms with Gasteiger partial charge in [0.2, 0.25) is 5.91 Å². The van der Waals surface area contributed by atoms with Gasteiger partial charge < -0.3 is 14.6 Å². The Morgan fingerprint density at radius 1 is 1.10 bits per heavy atom.